The summed E-state index contributed by atoms with van der Waals surface area (Å²) in [6, 6.07) is 2.50. The third kappa shape index (κ3) is 3.20. The van der Waals surface area contributed by atoms with E-state index in [0.717, 1.165) is 31.7 Å². The van der Waals surface area contributed by atoms with Gasteiger partial charge in [0, 0.05) is 19.3 Å². The molecule has 0 N–H and O–H groups in total. The summed E-state index contributed by atoms with van der Waals surface area (Å²) >= 11 is 0. The van der Waals surface area contributed by atoms with Gasteiger partial charge >= 0.3 is 6.18 Å². The number of anilines is 1. The van der Waals surface area contributed by atoms with Gasteiger partial charge in [-0.2, -0.15) is 13.2 Å². The normalized spacial score (nSPS) is 29.8. The molecule has 0 radical (unpaired) electrons. The van der Waals surface area contributed by atoms with E-state index >= 15 is 0 Å². The van der Waals surface area contributed by atoms with Crippen LogP contribution < -0.4 is 4.90 Å². The van der Waals surface area contributed by atoms with Crippen molar-refractivity contribution < 1.29 is 22.6 Å². The van der Waals surface area contributed by atoms with E-state index in [1.807, 2.05) is 11.8 Å². The van der Waals surface area contributed by atoms with Crippen molar-refractivity contribution in [3.05, 3.63) is 23.9 Å². The van der Waals surface area contributed by atoms with Gasteiger partial charge in [-0.3, -0.25) is 0 Å². The zero-order valence-corrected chi connectivity index (χ0v) is 12.4. The molecule has 1 aromatic rings. The van der Waals surface area contributed by atoms with Gasteiger partial charge in [-0.05, 0) is 31.9 Å². The number of nitrogens with zero attached hydrogens (tertiary/aromatic N) is 2. The Kier molecular flexibility index (Phi) is 4.03. The number of alkyl halides is 3. The van der Waals surface area contributed by atoms with E-state index in [9.17, 15) is 13.2 Å². The van der Waals surface area contributed by atoms with Crippen molar-refractivity contribution in [2.75, 3.05) is 31.2 Å². The Bertz CT molecular complexity index is 513. The van der Waals surface area contributed by atoms with Crippen molar-refractivity contribution in [3.63, 3.8) is 0 Å². The van der Waals surface area contributed by atoms with E-state index in [1.165, 1.54) is 6.07 Å². The lowest BCUT2D eigenvalue weighted by atomic mass is 9.93. The first-order valence-corrected chi connectivity index (χ1v) is 7.42. The van der Waals surface area contributed by atoms with Crippen LogP contribution in [-0.2, 0) is 15.7 Å². The van der Waals surface area contributed by atoms with Crippen molar-refractivity contribution in [1.29, 1.82) is 0 Å². The van der Waals surface area contributed by atoms with Crippen molar-refractivity contribution in [1.82, 2.24) is 4.98 Å². The average Bonchev–Trinajstić information content (AvgIpc) is 2.46. The fourth-order valence-electron chi connectivity index (χ4n) is 3.18. The zero-order chi connectivity index (χ0) is 15.8. The molecule has 3 rings (SSSR count). The van der Waals surface area contributed by atoms with Crippen molar-refractivity contribution in [2.45, 2.75) is 37.6 Å². The molecule has 122 valence electrons. The quantitative estimate of drug-likeness (QED) is 0.798. The predicted octanol–water partition coefficient (Wildman–Crippen LogP) is 2.87. The Morgan fingerprint density at radius 2 is 2.18 bits per heavy atom. The number of hydrogen-bond donors (Lipinski definition) is 0. The highest BCUT2D eigenvalue weighted by Gasteiger charge is 2.41. The fourth-order valence-corrected chi connectivity index (χ4v) is 3.18. The van der Waals surface area contributed by atoms with Gasteiger partial charge in [-0.15, -0.1) is 0 Å². The minimum absolute atomic E-state index is 0.0143. The molecule has 0 aromatic carbocycles. The van der Waals surface area contributed by atoms with E-state index in [2.05, 4.69) is 4.98 Å². The van der Waals surface area contributed by atoms with Crippen LogP contribution in [0.1, 0.15) is 25.3 Å². The molecule has 2 saturated heterocycles. The van der Waals surface area contributed by atoms with Crippen molar-refractivity contribution >= 4 is 5.82 Å². The van der Waals surface area contributed by atoms with Crippen LogP contribution in [-0.4, -0.2) is 43.0 Å². The molecule has 0 unspecified atom stereocenters. The second kappa shape index (κ2) is 5.70. The summed E-state index contributed by atoms with van der Waals surface area (Å²) in [6.45, 7) is 4.43. The van der Waals surface area contributed by atoms with Crippen LogP contribution >= 0.6 is 0 Å². The molecule has 2 aliphatic heterocycles. The first-order chi connectivity index (χ1) is 10.4. The Balaban J connectivity index is 1.78. The minimum atomic E-state index is -4.36. The summed E-state index contributed by atoms with van der Waals surface area (Å²) in [5.41, 5.74) is -1.10. The van der Waals surface area contributed by atoms with Gasteiger partial charge in [-0.25, -0.2) is 4.98 Å². The average molecular weight is 316 g/mol. The molecule has 22 heavy (non-hydrogen) atoms. The Hall–Kier alpha value is -1.34. The maximum absolute atomic E-state index is 12.6. The van der Waals surface area contributed by atoms with Crippen LogP contribution in [0.15, 0.2) is 18.3 Å². The topological polar surface area (TPSA) is 34.6 Å². The largest absolute Gasteiger partial charge is 0.417 e. The smallest absolute Gasteiger partial charge is 0.378 e. The summed E-state index contributed by atoms with van der Waals surface area (Å²) < 4.78 is 49.5. The van der Waals surface area contributed by atoms with E-state index in [-0.39, 0.29) is 11.7 Å². The molecule has 3 heterocycles. The molecular weight excluding hydrogens is 297 g/mol. The number of hydrogen-bond acceptors (Lipinski definition) is 4. The Morgan fingerprint density at radius 3 is 2.77 bits per heavy atom. The molecule has 0 aliphatic carbocycles. The van der Waals surface area contributed by atoms with Crippen LogP contribution in [0.5, 0.6) is 0 Å². The number of pyridine rings is 1. The summed E-state index contributed by atoms with van der Waals surface area (Å²) in [7, 11) is 0. The number of halogens is 3. The third-order valence-corrected chi connectivity index (χ3v) is 4.09. The molecular formula is C15H19F3N2O2. The lowest BCUT2D eigenvalue weighted by Crippen LogP contribution is -2.58. The molecule has 7 heteroatoms. The predicted molar refractivity (Wildman–Crippen MR) is 74.8 cm³/mol. The van der Waals surface area contributed by atoms with Gasteiger partial charge in [-0.1, -0.05) is 0 Å². The molecule has 0 bridgehead atoms. The maximum Gasteiger partial charge on any atom is 0.417 e. The van der Waals surface area contributed by atoms with Crippen molar-refractivity contribution in [3.8, 4) is 0 Å². The molecule has 0 amide bonds. The van der Waals surface area contributed by atoms with Gasteiger partial charge in [0.2, 0.25) is 0 Å². The van der Waals surface area contributed by atoms with Crippen LogP contribution in [0, 0.1) is 0 Å². The molecule has 2 atom stereocenters. The highest BCUT2D eigenvalue weighted by molar-refractivity contribution is 5.41. The standard InChI is InChI=1S/C15H19F3N2O2/c1-11-8-20(9-14(22-11)5-2-6-21-10-14)13-4-3-12(7-19-13)15(16,17)18/h3-4,7,11H,2,5-6,8-10H2,1H3/t11-,14-/m1/s1. The van der Waals surface area contributed by atoms with Gasteiger partial charge in [0.05, 0.1) is 24.8 Å². The molecule has 0 saturated carbocycles. The van der Waals surface area contributed by atoms with Crippen LogP contribution in [0.3, 0.4) is 0 Å². The lowest BCUT2D eigenvalue weighted by molar-refractivity contribution is -0.160. The van der Waals surface area contributed by atoms with Gasteiger partial charge in [0.1, 0.15) is 11.4 Å². The molecule has 2 aliphatic rings. The maximum atomic E-state index is 12.6. The van der Waals surface area contributed by atoms with Crippen LogP contribution in [0.25, 0.3) is 0 Å². The number of morpholine rings is 1. The first-order valence-electron chi connectivity index (χ1n) is 7.42. The summed E-state index contributed by atoms with van der Waals surface area (Å²) in [5.74, 6) is 0.549. The summed E-state index contributed by atoms with van der Waals surface area (Å²) in [5, 5.41) is 0. The zero-order valence-electron chi connectivity index (χ0n) is 12.4. The van der Waals surface area contributed by atoms with Crippen molar-refractivity contribution in [2.24, 2.45) is 0 Å². The number of aromatic nitrogens is 1. The minimum Gasteiger partial charge on any atom is -0.378 e. The second-order valence-electron chi connectivity index (χ2n) is 6.05. The molecule has 4 nitrogen and oxygen atoms in total. The summed E-state index contributed by atoms with van der Waals surface area (Å²) in [6.07, 6.45) is -1.66. The Morgan fingerprint density at radius 1 is 1.36 bits per heavy atom. The third-order valence-electron chi connectivity index (χ3n) is 4.09. The van der Waals surface area contributed by atoms with E-state index in [1.54, 1.807) is 0 Å². The van der Waals surface area contributed by atoms with Crippen LogP contribution in [0.2, 0.25) is 0 Å². The fraction of sp³-hybridized carbons (Fsp3) is 0.667. The second-order valence-corrected chi connectivity index (χ2v) is 6.05. The van der Waals surface area contributed by atoms with Gasteiger partial charge < -0.3 is 14.4 Å². The van der Waals surface area contributed by atoms with Gasteiger partial charge in [0.25, 0.3) is 0 Å². The summed E-state index contributed by atoms with van der Waals surface area (Å²) in [4.78, 5) is 5.98. The molecule has 1 spiro atoms. The lowest BCUT2D eigenvalue weighted by Gasteiger charge is -2.47. The monoisotopic (exact) mass is 316 g/mol. The van der Waals surface area contributed by atoms with E-state index in [4.69, 9.17) is 9.47 Å². The number of ether oxygens (including phenoxy) is 2. The molecule has 1 aromatic heterocycles. The van der Waals surface area contributed by atoms with E-state index < -0.39 is 11.7 Å². The van der Waals surface area contributed by atoms with Gasteiger partial charge in [0.15, 0.2) is 0 Å². The Labute approximate surface area is 127 Å². The SMILES string of the molecule is C[C@@H]1CN(c2ccc(C(F)(F)F)cn2)C[C@@]2(CCCOC2)O1. The molecule has 2 fully saturated rings. The highest BCUT2D eigenvalue weighted by Crippen LogP contribution is 2.33. The highest BCUT2D eigenvalue weighted by atomic mass is 19.4. The van der Waals surface area contributed by atoms with Crippen LogP contribution in [0.4, 0.5) is 19.0 Å². The first kappa shape index (κ1) is 15.6. The number of rotatable bonds is 1. The van der Waals surface area contributed by atoms with E-state index in [0.29, 0.717) is 25.5 Å².